The fraction of sp³-hybridized carbons (Fsp3) is 0.471. The summed E-state index contributed by atoms with van der Waals surface area (Å²) < 4.78 is 0. The normalized spacial score (nSPS) is 15.2. The molecule has 3 heterocycles. The molecular formula is C17H24N6OS. The molecule has 2 aromatic heterocycles. The molecule has 25 heavy (non-hydrogen) atoms. The van der Waals surface area contributed by atoms with Gasteiger partial charge in [0.1, 0.15) is 0 Å². The molecule has 0 bridgehead atoms. The third-order valence-corrected chi connectivity index (χ3v) is 5.32. The Bertz CT molecular complexity index is 669. The highest BCUT2D eigenvalue weighted by Crippen LogP contribution is 2.14. The van der Waals surface area contributed by atoms with E-state index in [-0.39, 0.29) is 6.03 Å². The topological polar surface area (TPSA) is 73.4 Å². The van der Waals surface area contributed by atoms with Gasteiger partial charge in [0.2, 0.25) is 5.95 Å². The number of hydrogen-bond donors (Lipinski definition) is 2. The number of thiophene rings is 1. The summed E-state index contributed by atoms with van der Waals surface area (Å²) in [5, 5.41) is 7.88. The lowest BCUT2D eigenvalue weighted by Gasteiger charge is -2.34. The lowest BCUT2D eigenvalue weighted by molar-refractivity contribution is 0.231. The minimum absolute atomic E-state index is 0.107. The molecule has 0 spiro atoms. The van der Waals surface area contributed by atoms with Crippen molar-refractivity contribution >= 4 is 23.3 Å². The van der Waals surface area contributed by atoms with Gasteiger partial charge >= 0.3 is 6.03 Å². The molecule has 1 fully saturated rings. The molecule has 2 aromatic rings. The molecule has 2 amide bonds. The quantitative estimate of drug-likeness (QED) is 0.816. The van der Waals surface area contributed by atoms with Crippen LogP contribution in [0.15, 0.2) is 29.9 Å². The zero-order valence-electron chi connectivity index (χ0n) is 14.4. The van der Waals surface area contributed by atoms with Crippen molar-refractivity contribution in [1.29, 1.82) is 0 Å². The van der Waals surface area contributed by atoms with E-state index in [4.69, 9.17) is 0 Å². The van der Waals surface area contributed by atoms with Crippen LogP contribution < -0.4 is 15.5 Å². The van der Waals surface area contributed by atoms with Crippen LogP contribution in [0.5, 0.6) is 0 Å². The third kappa shape index (κ3) is 5.14. The van der Waals surface area contributed by atoms with Crippen molar-refractivity contribution in [3.8, 4) is 0 Å². The van der Waals surface area contributed by atoms with Crippen LogP contribution in [0, 0.1) is 6.92 Å². The minimum atomic E-state index is -0.107. The van der Waals surface area contributed by atoms with Crippen LogP contribution in [0.3, 0.4) is 0 Å². The summed E-state index contributed by atoms with van der Waals surface area (Å²) in [5.41, 5.74) is 1.23. The zero-order chi connectivity index (χ0) is 17.5. The molecule has 1 aliphatic heterocycles. The average Bonchev–Trinajstić information content (AvgIpc) is 3.06. The first-order valence-electron chi connectivity index (χ1n) is 8.51. The van der Waals surface area contributed by atoms with Crippen molar-refractivity contribution in [3.05, 3.63) is 40.3 Å². The summed E-state index contributed by atoms with van der Waals surface area (Å²) in [7, 11) is 0. The van der Waals surface area contributed by atoms with E-state index in [0.717, 1.165) is 38.7 Å². The molecule has 1 aliphatic rings. The second kappa shape index (κ2) is 8.77. The molecule has 0 aromatic carbocycles. The number of urea groups is 1. The molecule has 1 saturated heterocycles. The van der Waals surface area contributed by atoms with Crippen molar-refractivity contribution in [1.82, 2.24) is 25.5 Å². The highest BCUT2D eigenvalue weighted by atomic mass is 32.1. The Morgan fingerprint density at radius 1 is 1.20 bits per heavy atom. The SMILES string of the molecule is Cc1ccsc1CNC(=O)NCCN1CCN(c2ncccn2)CC1. The first-order chi connectivity index (χ1) is 12.2. The molecule has 0 unspecified atom stereocenters. The zero-order valence-corrected chi connectivity index (χ0v) is 15.3. The number of hydrogen-bond acceptors (Lipinski definition) is 6. The predicted molar refractivity (Wildman–Crippen MR) is 100.0 cm³/mol. The highest BCUT2D eigenvalue weighted by Gasteiger charge is 2.18. The van der Waals surface area contributed by atoms with Gasteiger partial charge in [-0.2, -0.15) is 0 Å². The second-order valence-corrected chi connectivity index (χ2v) is 7.01. The fourth-order valence-corrected chi connectivity index (χ4v) is 3.61. The van der Waals surface area contributed by atoms with Gasteiger partial charge < -0.3 is 15.5 Å². The van der Waals surface area contributed by atoms with Crippen molar-refractivity contribution in [3.63, 3.8) is 0 Å². The molecule has 0 radical (unpaired) electrons. The average molecular weight is 360 g/mol. The Hall–Kier alpha value is -2.19. The van der Waals surface area contributed by atoms with Gasteiger partial charge in [0.25, 0.3) is 0 Å². The van der Waals surface area contributed by atoms with Crippen molar-refractivity contribution in [2.75, 3.05) is 44.2 Å². The molecular weight excluding hydrogens is 336 g/mol. The lowest BCUT2D eigenvalue weighted by atomic mass is 10.3. The summed E-state index contributed by atoms with van der Waals surface area (Å²) in [6.45, 7) is 7.89. The number of aryl methyl sites for hydroxylation is 1. The lowest BCUT2D eigenvalue weighted by Crippen LogP contribution is -2.49. The number of piperazine rings is 1. The predicted octanol–water partition coefficient (Wildman–Crippen LogP) is 1.47. The van der Waals surface area contributed by atoms with E-state index >= 15 is 0 Å². The second-order valence-electron chi connectivity index (χ2n) is 6.01. The van der Waals surface area contributed by atoms with Gasteiger partial charge in [-0.05, 0) is 30.0 Å². The van der Waals surface area contributed by atoms with Crippen molar-refractivity contribution in [2.24, 2.45) is 0 Å². The Labute approximate surface area is 152 Å². The van der Waals surface area contributed by atoms with E-state index in [2.05, 4.69) is 43.4 Å². The molecule has 3 rings (SSSR count). The van der Waals surface area contributed by atoms with Gasteiger partial charge in [-0.3, -0.25) is 4.90 Å². The number of anilines is 1. The van der Waals surface area contributed by atoms with E-state index in [1.807, 2.05) is 11.4 Å². The molecule has 0 saturated carbocycles. The number of rotatable bonds is 6. The van der Waals surface area contributed by atoms with Crippen LogP contribution in [0.4, 0.5) is 10.7 Å². The van der Waals surface area contributed by atoms with Crippen LogP contribution in [-0.2, 0) is 6.54 Å². The number of nitrogens with zero attached hydrogens (tertiary/aromatic N) is 4. The maximum absolute atomic E-state index is 11.9. The van der Waals surface area contributed by atoms with Gasteiger partial charge in [-0.15, -0.1) is 11.3 Å². The number of nitrogens with one attached hydrogen (secondary N) is 2. The standard InChI is InChI=1S/C17H24N6OS/c1-14-3-12-25-15(14)13-21-17(24)20-6-7-22-8-10-23(11-9-22)16-18-4-2-5-19-16/h2-5,12H,6-11,13H2,1H3,(H2,20,21,24). The summed E-state index contributed by atoms with van der Waals surface area (Å²) in [6.07, 6.45) is 3.55. The minimum Gasteiger partial charge on any atom is -0.338 e. The maximum atomic E-state index is 11.9. The van der Waals surface area contributed by atoms with Gasteiger partial charge in [-0.1, -0.05) is 0 Å². The third-order valence-electron chi connectivity index (χ3n) is 4.30. The van der Waals surface area contributed by atoms with Crippen molar-refractivity contribution in [2.45, 2.75) is 13.5 Å². The molecule has 0 aliphatic carbocycles. The smallest absolute Gasteiger partial charge is 0.315 e. The van der Waals surface area contributed by atoms with Crippen LogP contribution in [0.2, 0.25) is 0 Å². The molecule has 0 atom stereocenters. The van der Waals surface area contributed by atoms with E-state index in [1.54, 1.807) is 23.7 Å². The van der Waals surface area contributed by atoms with Gasteiger partial charge in [0.05, 0.1) is 6.54 Å². The molecule has 2 N–H and O–H groups in total. The largest absolute Gasteiger partial charge is 0.338 e. The number of carbonyl (C=O) groups excluding carboxylic acids is 1. The van der Waals surface area contributed by atoms with E-state index < -0.39 is 0 Å². The first-order valence-corrected chi connectivity index (χ1v) is 9.39. The summed E-state index contributed by atoms with van der Waals surface area (Å²) in [4.78, 5) is 26.2. The van der Waals surface area contributed by atoms with E-state index in [1.165, 1.54) is 10.4 Å². The fourth-order valence-electron chi connectivity index (χ4n) is 2.76. The van der Waals surface area contributed by atoms with Crippen molar-refractivity contribution < 1.29 is 4.79 Å². The first kappa shape index (κ1) is 17.6. The Kier molecular flexibility index (Phi) is 6.19. The van der Waals surface area contributed by atoms with Gasteiger partial charge in [0, 0.05) is 56.5 Å². The maximum Gasteiger partial charge on any atom is 0.315 e. The molecule has 7 nitrogen and oxygen atoms in total. The van der Waals surface area contributed by atoms with E-state index in [9.17, 15) is 4.79 Å². The van der Waals surface area contributed by atoms with Crippen LogP contribution in [-0.4, -0.2) is 60.2 Å². The number of carbonyl (C=O) groups is 1. The van der Waals surface area contributed by atoms with Gasteiger partial charge in [-0.25, -0.2) is 14.8 Å². The highest BCUT2D eigenvalue weighted by molar-refractivity contribution is 7.10. The molecule has 8 heteroatoms. The molecule has 134 valence electrons. The number of aromatic nitrogens is 2. The summed E-state index contributed by atoms with van der Waals surface area (Å²) >= 11 is 1.67. The summed E-state index contributed by atoms with van der Waals surface area (Å²) in [6, 6.07) is 3.79. The van der Waals surface area contributed by atoms with Gasteiger partial charge in [0.15, 0.2) is 0 Å². The Morgan fingerprint density at radius 3 is 2.64 bits per heavy atom. The Balaban J connectivity index is 1.31. The van der Waals surface area contributed by atoms with E-state index in [0.29, 0.717) is 13.1 Å². The van der Waals surface area contributed by atoms with Crippen LogP contribution >= 0.6 is 11.3 Å². The monoisotopic (exact) mass is 360 g/mol. The summed E-state index contributed by atoms with van der Waals surface area (Å²) in [5.74, 6) is 0.795. The Morgan fingerprint density at radius 2 is 1.96 bits per heavy atom. The van der Waals surface area contributed by atoms with Crippen LogP contribution in [0.25, 0.3) is 0 Å². The van der Waals surface area contributed by atoms with Crippen LogP contribution in [0.1, 0.15) is 10.4 Å². The number of amides is 2.